The maximum absolute atomic E-state index is 12.5. The average molecular weight is 1820 g/mol. The van der Waals surface area contributed by atoms with Gasteiger partial charge < -0.3 is 39.4 Å². The van der Waals surface area contributed by atoms with Gasteiger partial charge in [0.15, 0.2) is 0 Å². The molecular formula is C106H148Cl4O8S4. The van der Waals surface area contributed by atoms with Gasteiger partial charge in [0.25, 0.3) is 0 Å². The van der Waals surface area contributed by atoms with Gasteiger partial charge in [-0.1, -0.05) is 343 Å². The van der Waals surface area contributed by atoms with Gasteiger partial charge in [0.05, 0.1) is 76.3 Å². The molecule has 672 valence electrons. The molecule has 4 N–H and O–H groups in total. The number of hydrogen-bond donors (Lipinski definition) is 4. The van der Waals surface area contributed by atoms with Crippen LogP contribution in [0.5, 0.6) is 46.0 Å². The average Bonchev–Trinajstić information content (AvgIpc) is 0.765. The standard InChI is InChI=1S/2C52H72O4S2.2CH2Cl2/c2*1-17-31(3)29-55-47-35-19-33-21-37(49(5,6)7)26-42(45(33)53)58-44-28-40(52(14,15)16)24-36(48(44)56-30-32(4)18-2)20-34-22-38(50(8,9)10)25-41(46(34)54)57-43(47)27-39(23-35)51(11,12)13;2*2-1-3/h2*21-28,31-32,53-54H,17-20,29-30H2,1-16H3;2*1H2/t2*31-,32-;;/m00../s1. The van der Waals surface area contributed by atoms with Crippen LogP contribution in [0.3, 0.4) is 0 Å². The van der Waals surface area contributed by atoms with E-state index in [1.807, 2.05) is 0 Å². The van der Waals surface area contributed by atoms with Crippen molar-refractivity contribution in [1.82, 2.24) is 0 Å². The molecule has 16 heteroatoms. The van der Waals surface area contributed by atoms with Crippen molar-refractivity contribution in [1.29, 1.82) is 0 Å². The second kappa shape index (κ2) is 42.8. The predicted octanol–water partition coefficient (Wildman–Crippen LogP) is 32.7. The number of ether oxygens (including phenoxy) is 4. The summed E-state index contributed by atoms with van der Waals surface area (Å²) >= 11 is 25.4. The van der Waals surface area contributed by atoms with Crippen molar-refractivity contribution in [2.45, 2.75) is 355 Å². The molecule has 8 aromatic rings. The lowest BCUT2D eigenvalue weighted by atomic mass is 9.83. The van der Waals surface area contributed by atoms with Crippen LogP contribution in [-0.2, 0) is 69.0 Å². The molecule has 0 saturated carbocycles. The highest BCUT2D eigenvalue weighted by Gasteiger charge is 2.34. The Hall–Kier alpha value is -5.28. The lowest BCUT2D eigenvalue weighted by molar-refractivity contribution is 0.249. The summed E-state index contributed by atoms with van der Waals surface area (Å²) in [5, 5.41) is 50.3. The molecule has 4 atom stereocenters. The Labute approximate surface area is 774 Å². The van der Waals surface area contributed by atoms with Gasteiger partial charge in [-0.05, 0) is 182 Å². The Morgan fingerprint density at radius 3 is 0.508 bits per heavy atom. The first-order valence-corrected chi connectivity index (χ1v) is 49.4. The van der Waals surface area contributed by atoms with E-state index in [1.165, 1.54) is 22.3 Å². The predicted molar refractivity (Wildman–Crippen MR) is 528 cm³/mol. The van der Waals surface area contributed by atoms with Crippen molar-refractivity contribution < 1.29 is 39.4 Å². The van der Waals surface area contributed by atoms with E-state index in [1.54, 1.807) is 47.0 Å². The first kappa shape index (κ1) is 104. The second-order valence-corrected chi connectivity index (χ2v) is 48.3. The van der Waals surface area contributed by atoms with E-state index in [0.717, 1.165) is 155 Å². The van der Waals surface area contributed by atoms with E-state index in [-0.39, 0.29) is 54.0 Å². The van der Waals surface area contributed by atoms with Crippen LogP contribution in [0.1, 0.15) is 336 Å². The molecular weight excluding hydrogens is 1670 g/mol. The number of benzene rings is 8. The van der Waals surface area contributed by atoms with Crippen molar-refractivity contribution in [2.24, 2.45) is 23.7 Å². The highest BCUT2D eigenvalue weighted by molar-refractivity contribution is 8.00. The largest absolute Gasteiger partial charge is 0.506 e. The smallest absolute Gasteiger partial charge is 0.136 e. The highest BCUT2D eigenvalue weighted by Crippen LogP contribution is 2.55. The van der Waals surface area contributed by atoms with Crippen LogP contribution in [0.25, 0.3) is 0 Å². The minimum atomic E-state index is -0.165. The highest BCUT2D eigenvalue weighted by atomic mass is 35.5. The molecule has 122 heavy (non-hydrogen) atoms. The fourth-order valence-electron chi connectivity index (χ4n) is 13.8. The number of aromatic hydroxyl groups is 4. The van der Waals surface area contributed by atoms with Crippen LogP contribution < -0.4 is 18.9 Å². The molecule has 0 radical (unpaired) electrons. The summed E-state index contributed by atoms with van der Waals surface area (Å²) in [7, 11) is 0. The molecule has 0 spiro atoms. The minimum Gasteiger partial charge on any atom is -0.506 e. The Kier molecular flexibility index (Phi) is 36.4. The molecule has 8 nitrogen and oxygen atoms in total. The van der Waals surface area contributed by atoms with Crippen LogP contribution in [-0.4, -0.2) is 57.5 Å². The fraction of sp³-hybridized carbons (Fsp3) is 0.547. The van der Waals surface area contributed by atoms with Gasteiger partial charge in [-0.25, -0.2) is 0 Å². The van der Waals surface area contributed by atoms with E-state index in [2.05, 4.69) is 319 Å². The van der Waals surface area contributed by atoms with Crippen LogP contribution in [0, 0.1) is 23.7 Å². The fourth-order valence-corrected chi connectivity index (χ4v) is 18.2. The third kappa shape index (κ3) is 27.9. The minimum absolute atomic E-state index is 0.157. The van der Waals surface area contributed by atoms with Gasteiger partial charge in [-0.3, -0.25) is 0 Å². The molecule has 2 aliphatic heterocycles. The van der Waals surface area contributed by atoms with E-state index < -0.39 is 0 Å². The van der Waals surface area contributed by atoms with Gasteiger partial charge in [-0.2, -0.15) is 0 Å². The summed E-state index contributed by atoms with van der Waals surface area (Å²) < 4.78 is 27.6. The molecule has 0 fully saturated rings. The maximum atomic E-state index is 12.5. The molecule has 2 heterocycles. The molecule has 16 bridgehead atoms. The molecule has 10 rings (SSSR count). The molecule has 0 saturated heterocycles. The second-order valence-electron chi connectivity index (χ2n) is 42.4. The van der Waals surface area contributed by atoms with E-state index in [9.17, 15) is 20.4 Å². The summed E-state index contributed by atoms with van der Waals surface area (Å²) in [5.74, 6) is 5.90. The van der Waals surface area contributed by atoms with Crippen LogP contribution in [0.2, 0.25) is 0 Å². The van der Waals surface area contributed by atoms with Gasteiger partial charge in [0, 0.05) is 47.9 Å². The molecule has 0 aromatic heterocycles. The van der Waals surface area contributed by atoms with Gasteiger partial charge in [0.1, 0.15) is 46.0 Å². The monoisotopic (exact) mass is 1820 g/mol. The number of alkyl halides is 4. The third-order valence-electron chi connectivity index (χ3n) is 23.3. The topological polar surface area (TPSA) is 118 Å². The summed E-state index contributed by atoms with van der Waals surface area (Å²) in [5.41, 5.74) is 15.7. The van der Waals surface area contributed by atoms with E-state index in [4.69, 9.17) is 65.4 Å². The number of halogens is 4. The van der Waals surface area contributed by atoms with Crippen molar-refractivity contribution in [3.63, 3.8) is 0 Å². The summed E-state index contributed by atoms with van der Waals surface area (Å²) in [6.07, 6.45) is 5.97. The molecule has 0 aliphatic carbocycles. The summed E-state index contributed by atoms with van der Waals surface area (Å²) in [6, 6.07) is 35.7. The first-order chi connectivity index (χ1) is 56.4. The zero-order valence-electron chi connectivity index (χ0n) is 80.0. The normalized spacial score (nSPS) is 14.5. The number of phenols is 4. The Morgan fingerprint density at radius 1 is 0.246 bits per heavy atom. The summed E-state index contributed by atoms with van der Waals surface area (Å²) in [4.78, 5) is 7.13. The maximum Gasteiger partial charge on any atom is 0.136 e. The van der Waals surface area contributed by atoms with Crippen molar-refractivity contribution in [3.05, 3.63) is 186 Å². The number of rotatable bonds is 16. The Morgan fingerprint density at radius 2 is 0.377 bits per heavy atom. The lowest BCUT2D eigenvalue weighted by Gasteiger charge is -2.28. The molecule has 8 aromatic carbocycles. The van der Waals surface area contributed by atoms with Crippen LogP contribution in [0.15, 0.2) is 136 Å². The zero-order chi connectivity index (χ0) is 91.7. The van der Waals surface area contributed by atoms with Crippen LogP contribution >= 0.6 is 93.5 Å². The van der Waals surface area contributed by atoms with Crippen molar-refractivity contribution in [3.8, 4) is 46.0 Å². The number of phenolic OH excluding ortho intramolecular Hbond substituents is 4. The quantitative estimate of drug-likeness (QED) is 0.0690. The molecule has 0 unspecified atom stereocenters. The van der Waals surface area contributed by atoms with Gasteiger partial charge >= 0.3 is 0 Å². The molecule has 0 amide bonds. The van der Waals surface area contributed by atoms with Gasteiger partial charge in [-0.15, -0.1) is 46.4 Å². The van der Waals surface area contributed by atoms with Gasteiger partial charge in [0.2, 0.25) is 0 Å². The summed E-state index contributed by atoms with van der Waals surface area (Å²) in [6.45, 7) is 73.8. The van der Waals surface area contributed by atoms with E-state index in [0.29, 0.717) is 98.8 Å². The van der Waals surface area contributed by atoms with Crippen LogP contribution in [0.4, 0.5) is 0 Å². The zero-order valence-corrected chi connectivity index (χ0v) is 86.3. The lowest BCUT2D eigenvalue weighted by Crippen LogP contribution is -2.16. The SMILES string of the molecule is CC[C@H](C)COc1c2cc(C(C)(C)C)cc1Sc1cc(C(C)(C)C)cc(c1O)Cc1cc(C(C)(C)C)cc(c1OC[C@@H](C)CC)Sc1cc(C(C)(C)C)cc(c1O)C2.CC[C@H](C)COc1c2cc(C(C)(C)C)cc1Sc1cc(C(C)(C)C)cc(c1O)Cc1cc(C(C)(C)C)cc(c1OC[C@@H](C)CC)Sc1cc(C(C)(C)C)cc(c1O)C2.ClCCl.ClCCl. The Balaban J connectivity index is 0.000000315. The Bertz CT molecular complexity index is 4070. The van der Waals surface area contributed by atoms with Crippen molar-refractivity contribution in [2.75, 3.05) is 37.1 Å². The van der Waals surface area contributed by atoms with Crippen molar-refractivity contribution >= 4 is 93.5 Å². The first-order valence-electron chi connectivity index (χ1n) is 44.0. The number of hydrogen-bond acceptors (Lipinski definition) is 12. The third-order valence-corrected chi connectivity index (χ3v) is 27.5. The number of fused-ring (bicyclic) bond motifs is 16. The molecule has 2 aliphatic rings. The van der Waals surface area contributed by atoms with E-state index >= 15 is 0 Å².